The summed E-state index contributed by atoms with van der Waals surface area (Å²) in [5, 5.41) is 0. The van der Waals surface area contributed by atoms with Gasteiger partial charge in [0.2, 0.25) is 0 Å². The summed E-state index contributed by atoms with van der Waals surface area (Å²) in [6, 6.07) is 7.89. The van der Waals surface area contributed by atoms with Crippen LogP contribution in [0.1, 0.15) is 0 Å². The summed E-state index contributed by atoms with van der Waals surface area (Å²) >= 11 is 3.27. The summed E-state index contributed by atoms with van der Waals surface area (Å²) in [7, 11) is 0. The van der Waals surface area contributed by atoms with Crippen molar-refractivity contribution in [3.63, 3.8) is 0 Å². The van der Waals surface area contributed by atoms with Crippen molar-refractivity contribution < 1.29 is 4.39 Å². The standard InChI is InChI=1S/C11H8BrFN2/c12-9-6-15-11(5-10(9)14)7-1-3-8(13)4-2-7/h1-6H,(H2,14,15). The third kappa shape index (κ3) is 2.15. The molecule has 0 spiro atoms. The Kier molecular flexibility index (Phi) is 2.68. The van der Waals surface area contributed by atoms with E-state index in [-0.39, 0.29) is 5.82 Å². The minimum atomic E-state index is -0.260. The Morgan fingerprint density at radius 2 is 1.87 bits per heavy atom. The van der Waals surface area contributed by atoms with E-state index in [4.69, 9.17) is 5.73 Å². The zero-order chi connectivity index (χ0) is 10.8. The number of benzene rings is 1. The van der Waals surface area contributed by atoms with Crippen molar-refractivity contribution in [1.82, 2.24) is 4.98 Å². The van der Waals surface area contributed by atoms with Crippen molar-refractivity contribution in [1.29, 1.82) is 0 Å². The molecule has 1 aromatic carbocycles. The summed E-state index contributed by atoms with van der Waals surface area (Å²) in [5.74, 6) is -0.260. The fourth-order valence-corrected chi connectivity index (χ4v) is 1.45. The van der Waals surface area contributed by atoms with Gasteiger partial charge in [-0.15, -0.1) is 0 Å². The maximum Gasteiger partial charge on any atom is 0.123 e. The number of hydrogen-bond acceptors (Lipinski definition) is 2. The lowest BCUT2D eigenvalue weighted by atomic mass is 10.1. The Labute approximate surface area is 95.1 Å². The van der Waals surface area contributed by atoms with Crippen LogP contribution in [0.4, 0.5) is 10.1 Å². The quantitative estimate of drug-likeness (QED) is 0.861. The van der Waals surface area contributed by atoms with E-state index in [1.54, 1.807) is 24.4 Å². The highest BCUT2D eigenvalue weighted by atomic mass is 79.9. The Hall–Kier alpha value is -1.42. The van der Waals surface area contributed by atoms with Gasteiger partial charge in [0.1, 0.15) is 5.82 Å². The van der Waals surface area contributed by atoms with Crippen LogP contribution in [0, 0.1) is 5.82 Å². The molecular weight excluding hydrogens is 259 g/mol. The van der Waals surface area contributed by atoms with Crippen molar-refractivity contribution in [3.05, 3.63) is 46.8 Å². The second-order valence-corrected chi connectivity index (χ2v) is 3.95. The first kappa shape index (κ1) is 10.1. The van der Waals surface area contributed by atoms with Gasteiger partial charge in [0, 0.05) is 17.4 Å². The van der Waals surface area contributed by atoms with Crippen molar-refractivity contribution in [2.45, 2.75) is 0 Å². The van der Waals surface area contributed by atoms with Crippen LogP contribution >= 0.6 is 15.9 Å². The Bertz CT molecular complexity index is 482. The molecule has 0 aliphatic heterocycles. The van der Waals surface area contributed by atoms with Gasteiger partial charge in [-0.25, -0.2) is 4.39 Å². The van der Waals surface area contributed by atoms with Crippen LogP contribution in [-0.2, 0) is 0 Å². The molecule has 0 aliphatic carbocycles. The molecule has 76 valence electrons. The van der Waals surface area contributed by atoms with Gasteiger partial charge >= 0.3 is 0 Å². The monoisotopic (exact) mass is 266 g/mol. The number of nitrogen functional groups attached to an aromatic ring is 1. The number of nitrogens with zero attached hydrogens (tertiary/aromatic N) is 1. The van der Waals surface area contributed by atoms with Crippen LogP contribution in [0.25, 0.3) is 11.3 Å². The van der Waals surface area contributed by atoms with E-state index in [2.05, 4.69) is 20.9 Å². The highest BCUT2D eigenvalue weighted by molar-refractivity contribution is 9.10. The van der Waals surface area contributed by atoms with Gasteiger partial charge in [-0.05, 0) is 46.3 Å². The molecule has 0 bridgehead atoms. The maximum absolute atomic E-state index is 12.7. The first-order valence-electron chi connectivity index (χ1n) is 4.34. The lowest BCUT2D eigenvalue weighted by Gasteiger charge is -2.03. The van der Waals surface area contributed by atoms with Crippen LogP contribution in [-0.4, -0.2) is 4.98 Å². The largest absolute Gasteiger partial charge is 0.398 e. The maximum atomic E-state index is 12.7. The highest BCUT2D eigenvalue weighted by Crippen LogP contribution is 2.24. The van der Waals surface area contributed by atoms with E-state index in [0.717, 1.165) is 15.7 Å². The molecule has 2 N–H and O–H groups in total. The van der Waals surface area contributed by atoms with Crippen LogP contribution < -0.4 is 5.73 Å². The molecular formula is C11H8BrFN2. The third-order valence-electron chi connectivity index (χ3n) is 2.02. The van der Waals surface area contributed by atoms with Gasteiger partial charge in [-0.1, -0.05) is 0 Å². The lowest BCUT2D eigenvalue weighted by molar-refractivity contribution is 0.628. The lowest BCUT2D eigenvalue weighted by Crippen LogP contribution is -1.90. The van der Waals surface area contributed by atoms with E-state index in [0.29, 0.717) is 5.69 Å². The molecule has 0 radical (unpaired) electrons. The number of rotatable bonds is 1. The van der Waals surface area contributed by atoms with Crippen molar-refractivity contribution in [2.24, 2.45) is 0 Å². The number of aromatic nitrogens is 1. The van der Waals surface area contributed by atoms with E-state index in [9.17, 15) is 4.39 Å². The molecule has 0 aliphatic rings. The number of halogens is 2. The molecule has 0 fully saturated rings. The van der Waals surface area contributed by atoms with Crippen LogP contribution in [0.5, 0.6) is 0 Å². The van der Waals surface area contributed by atoms with E-state index >= 15 is 0 Å². The zero-order valence-corrected chi connectivity index (χ0v) is 9.33. The van der Waals surface area contributed by atoms with Crippen molar-refractivity contribution in [2.75, 3.05) is 5.73 Å². The van der Waals surface area contributed by atoms with Gasteiger partial charge in [0.15, 0.2) is 0 Å². The SMILES string of the molecule is Nc1cc(-c2ccc(F)cc2)ncc1Br. The Balaban J connectivity index is 2.45. The second-order valence-electron chi connectivity index (χ2n) is 3.10. The predicted octanol–water partition coefficient (Wildman–Crippen LogP) is 3.23. The summed E-state index contributed by atoms with van der Waals surface area (Å²) in [4.78, 5) is 4.19. The molecule has 2 aromatic rings. The number of pyridine rings is 1. The van der Waals surface area contributed by atoms with E-state index < -0.39 is 0 Å². The first-order chi connectivity index (χ1) is 7.16. The molecule has 2 rings (SSSR count). The zero-order valence-electron chi connectivity index (χ0n) is 7.74. The molecule has 1 heterocycles. The number of hydrogen-bond donors (Lipinski definition) is 1. The van der Waals surface area contributed by atoms with Gasteiger partial charge in [-0.3, -0.25) is 4.98 Å². The van der Waals surface area contributed by atoms with Crippen molar-refractivity contribution in [3.8, 4) is 11.3 Å². The third-order valence-corrected chi connectivity index (χ3v) is 2.69. The van der Waals surface area contributed by atoms with Crippen LogP contribution in [0.3, 0.4) is 0 Å². The summed E-state index contributed by atoms with van der Waals surface area (Å²) in [6.07, 6.45) is 1.63. The van der Waals surface area contributed by atoms with Gasteiger partial charge in [-0.2, -0.15) is 0 Å². The molecule has 4 heteroatoms. The molecule has 0 unspecified atom stereocenters. The highest BCUT2D eigenvalue weighted by Gasteiger charge is 2.02. The van der Waals surface area contributed by atoms with Crippen molar-refractivity contribution >= 4 is 21.6 Å². The predicted molar refractivity (Wildman–Crippen MR) is 61.7 cm³/mol. The van der Waals surface area contributed by atoms with Gasteiger partial charge in [0.25, 0.3) is 0 Å². The summed E-state index contributed by atoms with van der Waals surface area (Å²) < 4.78 is 13.5. The second kappa shape index (κ2) is 3.98. The average molecular weight is 267 g/mol. The molecule has 1 aromatic heterocycles. The first-order valence-corrected chi connectivity index (χ1v) is 5.13. The summed E-state index contributed by atoms with van der Waals surface area (Å²) in [5.41, 5.74) is 7.92. The van der Waals surface area contributed by atoms with E-state index in [1.807, 2.05) is 0 Å². The van der Waals surface area contributed by atoms with Gasteiger partial charge in [0.05, 0.1) is 10.2 Å². The minimum Gasteiger partial charge on any atom is -0.398 e. The molecule has 0 saturated heterocycles. The minimum absolute atomic E-state index is 0.260. The molecule has 15 heavy (non-hydrogen) atoms. The summed E-state index contributed by atoms with van der Waals surface area (Å²) in [6.45, 7) is 0. The van der Waals surface area contributed by atoms with Crippen LogP contribution in [0.2, 0.25) is 0 Å². The number of nitrogens with two attached hydrogens (primary N) is 1. The Morgan fingerprint density at radius 3 is 2.47 bits per heavy atom. The Morgan fingerprint density at radius 1 is 1.20 bits per heavy atom. The fraction of sp³-hybridized carbons (Fsp3) is 0. The smallest absolute Gasteiger partial charge is 0.123 e. The molecule has 2 nitrogen and oxygen atoms in total. The molecule has 0 saturated carbocycles. The average Bonchev–Trinajstić information content (AvgIpc) is 2.23. The van der Waals surface area contributed by atoms with E-state index in [1.165, 1.54) is 12.1 Å². The van der Waals surface area contributed by atoms with Crippen LogP contribution in [0.15, 0.2) is 41.0 Å². The fourth-order valence-electron chi connectivity index (χ4n) is 1.23. The molecule has 0 amide bonds. The normalized spacial score (nSPS) is 10.3. The number of anilines is 1. The van der Waals surface area contributed by atoms with Gasteiger partial charge < -0.3 is 5.73 Å². The molecule has 0 atom stereocenters. The topological polar surface area (TPSA) is 38.9 Å².